The van der Waals surface area contributed by atoms with E-state index in [1.54, 1.807) is 18.3 Å². The number of carbonyl (C=O) groups is 1. The van der Waals surface area contributed by atoms with Crippen LogP contribution in [-0.4, -0.2) is 53.4 Å². The molecule has 146 valence electrons. The number of benzene rings is 1. The second kappa shape index (κ2) is 10.0. The molecule has 1 aliphatic rings. The van der Waals surface area contributed by atoms with Gasteiger partial charge in [0.2, 0.25) is 0 Å². The van der Waals surface area contributed by atoms with Crippen LogP contribution in [0.1, 0.15) is 48.5 Å². The maximum absolute atomic E-state index is 12.9. The number of hydrogen-bond donors (Lipinski definition) is 0. The Morgan fingerprint density at radius 2 is 1.86 bits per heavy atom. The molecule has 5 nitrogen and oxygen atoms in total. The van der Waals surface area contributed by atoms with E-state index >= 15 is 0 Å². The van der Waals surface area contributed by atoms with Gasteiger partial charge in [0.15, 0.2) is 0 Å². The molecule has 1 aromatic carbocycles. The van der Waals surface area contributed by atoms with Crippen LogP contribution < -0.4 is 0 Å². The third kappa shape index (κ3) is 4.96. The summed E-state index contributed by atoms with van der Waals surface area (Å²) < 4.78 is 0. The minimum absolute atomic E-state index is 0.0606. The fourth-order valence-corrected chi connectivity index (χ4v) is 3.70. The Labute approximate surface area is 167 Å². The van der Waals surface area contributed by atoms with Gasteiger partial charge in [-0.3, -0.25) is 9.78 Å². The van der Waals surface area contributed by atoms with Crippen LogP contribution in [0.3, 0.4) is 0 Å². The van der Waals surface area contributed by atoms with Gasteiger partial charge in [-0.15, -0.1) is 0 Å². The van der Waals surface area contributed by atoms with E-state index in [1.807, 2.05) is 36.1 Å². The van der Waals surface area contributed by atoms with Gasteiger partial charge >= 0.3 is 0 Å². The third-order valence-electron chi connectivity index (χ3n) is 5.39. The number of carbonyl (C=O) groups excluding carboxylic acids is 1. The van der Waals surface area contributed by atoms with Crippen LogP contribution in [0.2, 0.25) is 0 Å². The molecule has 0 atom stereocenters. The third-order valence-corrected chi connectivity index (χ3v) is 5.39. The lowest BCUT2D eigenvalue weighted by molar-refractivity contribution is 0.0745. The summed E-state index contributed by atoms with van der Waals surface area (Å²) in [5.74, 6) is 0.0606. The predicted molar refractivity (Wildman–Crippen MR) is 111 cm³/mol. The lowest BCUT2D eigenvalue weighted by Crippen LogP contribution is -2.39. The van der Waals surface area contributed by atoms with Crippen LogP contribution in [-0.2, 0) is 0 Å². The van der Waals surface area contributed by atoms with E-state index in [0.29, 0.717) is 23.4 Å². The SMILES string of the molecule is CCN(CCN1CCCCCC1)C(=O)c1ccc(-c2ncccc2C#N)cc1. The Morgan fingerprint density at radius 3 is 2.50 bits per heavy atom. The Morgan fingerprint density at radius 1 is 1.14 bits per heavy atom. The first-order chi connectivity index (χ1) is 13.7. The first-order valence-corrected chi connectivity index (χ1v) is 10.2. The first-order valence-electron chi connectivity index (χ1n) is 10.2. The van der Waals surface area contributed by atoms with E-state index in [4.69, 9.17) is 0 Å². The molecule has 1 aromatic heterocycles. The molecule has 3 rings (SSSR count). The Kier molecular flexibility index (Phi) is 7.16. The molecule has 5 heteroatoms. The summed E-state index contributed by atoms with van der Waals surface area (Å²) in [6.07, 6.45) is 6.85. The van der Waals surface area contributed by atoms with E-state index in [-0.39, 0.29) is 5.91 Å². The number of aromatic nitrogens is 1. The maximum atomic E-state index is 12.9. The second-order valence-electron chi connectivity index (χ2n) is 7.23. The molecule has 0 bridgehead atoms. The van der Waals surface area contributed by atoms with Crippen LogP contribution >= 0.6 is 0 Å². The van der Waals surface area contributed by atoms with Gasteiger partial charge in [0.25, 0.3) is 5.91 Å². The molecule has 0 spiro atoms. The molecule has 0 aliphatic carbocycles. The van der Waals surface area contributed by atoms with Gasteiger partial charge in [-0.05, 0) is 57.1 Å². The Bertz CT molecular complexity index is 817. The number of nitrogens with zero attached hydrogens (tertiary/aromatic N) is 4. The number of nitriles is 1. The molecule has 0 radical (unpaired) electrons. The van der Waals surface area contributed by atoms with E-state index in [2.05, 4.69) is 16.0 Å². The summed E-state index contributed by atoms with van der Waals surface area (Å²) in [5.41, 5.74) is 2.71. The Hall–Kier alpha value is -2.71. The number of hydrogen-bond acceptors (Lipinski definition) is 4. The van der Waals surface area contributed by atoms with Crippen LogP contribution in [0.4, 0.5) is 0 Å². The molecule has 1 fully saturated rings. The number of likely N-dealkylation sites (N-methyl/N-ethyl adjacent to an activating group) is 1. The molecular weight excluding hydrogens is 348 g/mol. The van der Waals surface area contributed by atoms with Gasteiger partial charge in [-0.25, -0.2) is 0 Å². The summed E-state index contributed by atoms with van der Waals surface area (Å²) in [6, 6.07) is 13.1. The summed E-state index contributed by atoms with van der Waals surface area (Å²) in [7, 11) is 0. The zero-order chi connectivity index (χ0) is 19.8. The molecule has 2 aromatic rings. The topological polar surface area (TPSA) is 60.2 Å². The normalized spacial score (nSPS) is 14.9. The van der Waals surface area contributed by atoms with Crippen molar-refractivity contribution in [2.75, 3.05) is 32.7 Å². The van der Waals surface area contributed by atoms with Crippen molar-refractivity contribution >= 4 is 5.91 Å². The molecule has 0 saturated carbocycles. The molecule has 2 heterocycles. The van der Waals surface area contributed by atoms with Crippen LogP contribution in [0.25, 0.3) is 11.3 Å². The standard InChI is InChI=1S/C23H28N4O/c1-2-27(17-16-26-14-5-3-4-6-15-26)23(28)20-11-9-19(10-12-20)22-21(18-24)8-7-13-25-22/h7-13H,2-6,14-17H2,1H3. The summed E-state index contributed by atoms with van der Waals surface area (Å²) in [5, 5.41) is 9.26. The average Bonchev–Trinajstić information content (AvgIpc) is 3.03. The van der Waals surface area contributed by atoms with Crippen molar-refractivity contribution in [2.45, 2.75) is 32.6 Å². The number of likely N-dealkylation sites (tertiary alicyclic amines) is 1. The fourth-order valence-electron chi connectivity index (χ4n) is 3.70. The van der Waals surface area contributed by atoms with Gasteiger partial charge in [-0.1, -0.05) is 25.0 Å². The van der Waals surface area contributed by atoms with E-state index in [0.717, 1.165) is 31.7 Å². The largest absolute Gasteiger partial charge is 0.338 e. The molecule has 28 heavy (non-hydrogen) atoms. The highest BCUT2D eigenvalue weighted by molar-refractivity contribution is 5.94. The minimum atomic E-state index is 0.0606. The quantitative estimate of drug-likeness (QED) is 0.766. The summed E-state index contributed by atoms with van der Waals surface area (Å²) >= 11 is 0. The van der Waals surface area contributed by atoms with Crippen molar-refractivity contribution < 1.29 is 4.79 Å². The van der Waals surface area contributed by atoms with Crippen molar-refractivity contribution in [2.24, 2.45) is 0 Å². The zero-order valence-electron chi connectivity index (χ0n) is 16.6. The Balaban J connectivity index is 1.66. The van der Waals surface area contributed by atoms with Crippen LogP contribution in [0.5, 0.6) is 0 Å². The van der Waals surface area contributed by atoms with Crippen LogP contribution in [0, 0.1) is 11.3 Å². The second-order valence-corrected chi connectivity index (χ2v) is 7.23. The highest BCUT2D eigenvalue weighted by Crippen LogP contribution is 2.21. The summed E-state index contributed by atoms with van der Waals surface area (Å²) in [6.45, 7) is 6.72. The molecular formula is C23H28N4O. The highest BCUT2D eigenvalue weighted by Gasteiger charge is 2.17. The van der Waals surface area contributed by atoms with Crippen molar-refractivity contribution in [3.05, 3.63) is 53.7 Å². The monoisotopic (exact) mass is 376 g/mol. The van der Waals surface area contributed by atoms with E-state index < -0.39 is 0 Å². The molecule has 1 saturated heterocycles. The van der Waals surface area contributed by atoms with Gasteiger partial charge in [0.05, 0.1) is 11.3 Å². The molecule has 1 aliphatic heterocycles. The zero-order valence-corrected chi connectivity index (χ0v) is 16.6. The van der Waals surface area contributed by atoms with Crippen LogP contribution in [0.15, 0.2) is 42.6 Å². The van der Waals surface area contributed by atoms with Crippen molar-refractivity contribution in [3.8, 4) is 17.3 Å². The van der Waals surface area contributed by atoms with Gasteiger partial charge in [0, 0.05) is 37.0 Å². The van der Waals surface area contributed by atoms with Crippen molar-refractivity contribution in [1.29, 1.82) is 5.26 Å². The lowest BCUT2D eigenvalue weighted by atomic mass is 10.0. The number of pyridine rings is 1. The average molecular weight is 377 g/mol. The number of amides is 1. The lowest BCUT2D eigenvalue weighted by Gasteiger charge is -2.26. The van der Waals surface area contributed by atoms with Gasteiger partial charge < -0.3 is 9.80 Å². The minimum Gasteiger partial charge on any atom is -0.338 e. The summed E-state index contributed by atoms with van der Waals surface area (Å²) in [4.78, 5) is 21.6. The predicted octanol–water partition coefficient (Wildman–Crippen LogP) is 3.96. The van der Waals surface area contributed by atoms with E-state index in [9.17, 15) is 10.1 Å². The fraction of sp³-hybridized carbons (Fsp3) is 0.435. The smallest absolute Gasteiger partial charge is 0.253 e. The number of rotatable bonds is 6. The van der Waals surface area contributed by atoms with Crippen molar-refractivity contribution in [3.63, 3.8) is 0 Å². The highest BCUT2D eigenvalue weighted by atomic mass is 16.2. The molecule has 0 N–H and O–H groups in total. The van der Waals surface area contributed by atoms with Gasteiger partial charge in [-0.2, -0.15) is 5.26 Å². The first kappa shape index (κ1) is 20.0. The van der Waals surface area contributed by atoms with Crippen molar-refractivity contribution in [1.82, 2.24) is 14.8 Å². The molecule has 1 amide bonds. The van der Waals surface area contributed by atoms with E-state index in [1.165, 1.54) is 25.7 Å². The molecule has 0 unspecified atom stereocenters. The maximum Gasteiger partial charge on any atom is 0.253 e. The van der Waals surface area contributed by atoms with Gasteiger partial charge in [0.1, 0.15) is 6.07 Å².